The van der Waals surface area contributed by atoms with E-state index in [-0.39, 0.29) is 5.75 Å². The van der Waals surface area contributed by atoms with E-state index in [1.807, 2.05) is 19.1 Å². The first-order valence-corrected chi connectivity index (χ1v) is 6.81. The molecule has 0 unspecified atom stereocenters. The molecule has 0 radical (unpaired) electrons. The lowest BCUT2D eigenvalue weighted by atomic mass is 10.2. The minimum Gasteiger partial charge on any atom is -0.406 e. The molecule has 1 aromatic carbocycles. The van der Waals surface area contributed by atoms with Crippen LogP contribution in [0.2, 0.25) is 0 Å². The normalized spacial score (nSPS) is 11.4. The van der Waals surface area contributed by atoms with Gasteiger partial charge in [-0.05, 0) is 36.2 Å². The minimum atomic E-state index is -4.65. The highest BCUT2D eigenvalue weighted by Gasteiger charge is 2.30. The lowest BCUT2D eigenvalue weighted by molar-refractivity contribution is -0.274. The fraction of sp³-hybridized carbons (Fsp3) is 0.214. The molecule has 0 bridgehead atoms. The Hall–Kier alpha value is -1.69. The smallest absolute Gasteiger partial charge is 0.406 e. The van der Waals surface area contributed by atoms with E-state index in [9.17, 15) is 13.2 Å². The Labute approximate surface area is 119 Å². The summed E-state index contributed by atoms with van der Waals surface area (Å²) in [5.41, 5.74) is 2.00. The van der Waals surface area contributed by atoms with E-state index >= 15 is 0 Å². The van der Waals surface area contributed by atoms with Crippen LogP contribution in [0.15, 0.2) is 47.6 Å². The Kier molecular flexibility index (Phi) is 4.54. The molecule has 0 aliphatic rings. The monoisotopic (exact) mass is 299 g/mol. The van der Waals surface area contributed by atoms with E-state index in [0.29, 0.717) is 5.75 Å². The third-order valence-corrected chi connectivity index (χ3v) is 3.44. The number of thioether (sulfide) groups is 1. The molecule has 1 heterocycles. The predicted molar refractivity (Wildman–Crippen MR) is 71.7 cm³/mol. The summed E-state index contributed by atoms with van der Waals surface area (Å²) < 4.78 is 39.8. The molecule has 6 heteroatoms. The summed E-state index contributed by atoms with van der Waals surface area (Å²) >= 11 is 1.53. The number of ether oxygens (including phenoxy) is 1. The van der Waals surface area contributed by atoms with Gasteiger partial charge in [-0.1, -0.05) is 18.2 Å². The van der Waals surface area contributed by atoms with Gasteiger partial charge in [-0.3, -0.25) is 0 Å². The SMILES string of the molecule is Cc1ccc(SCc2ccc(OC(F)(F)F)cc2)nc1. The maximum Gasteiger partial charge on any atom is 0.573 e. The molecule has 0 amide bonds. The molecule has 1 aromatic heterocycles. The van der Waals surface area contributed by atoms with E-state index in [1.165, 1.54) is 23.9 Å². The molecule has 0 saturated carbocycles. The van der Waals surface area contributed by atoms with Crippen LogP contribution in [0.25, 0.3) is 0 Å². The largest absolute Gasteiger partial charge is 0.573 e. The maximum atomic E-state index is 12.0. The van der Waals surface area contributed by atoms with Gasteiger partial charge in [0.1, 0.15) is 5.75 Å². The van der Waals surface area contributed by atoms with Crippen LogP contribution in [0.5, 0.6) is 5.75 Å². The van der Waals surface area contributed by atoms with Crippen LogP contribution in [0.4, 0.5) is 13.2 Å². The first-order chi connectivity index (χ1) is 9.42. The fourth-order valence-corrected chi connectivity index (χ4v) is 2.28. The molecule has 20 heavy (non-hydrogen) atoms. The summed E-state index contributed by atoms with van der Waals surface area (Å²) in [7, 11) is 0. The summed E-state index contributed by atoms with van der Waals surface area (Å²) in [5.74, 6) is 0.433. The highest BCUT2D eigenvalue weighted by Crippen LogP contribution is 2.25. The number of pyridine rings is 1. The van der Waals surface area contributed by atoms with E-state index in [0.717, 1.165) is 16.2 Å². The number of hydrogen-bond donors (Lipinski definition) is 0. The second-order valence-electron chi connectivity index (χ2n) is 4.15. The molecule has 0 aliphatic heterocycles. The molecule has 2 rings (SSSR count). The van der Waals surface area contributed by atoms with Gasteiger partial charge in [0.2, 0.25) is 0 Å². The minimum absolute atomic E-state index is 0.209. The van der Waals surface area contributed by atoms with Crippen molar-refractivity contribution in [2.45, 2.75) is 24.1 Å². The van der Waals surface area contributed by atoms with Gasteiger partial charge in [0, 0.05) is 11.9 Å². The third-order valence-electron chi connectivity index (χ3n) is 2.43. The lowest BCUT2D eigenvalue weighted by Crippen LogP contribution is -2.16. The molecule has 0 saturated heterocycles. The fourth-order valence-electron chi connectivity index (χ4n) is 1.48. The van der Waals surface area contributed by atoms with E-state index in [1.54, 1.807) is 18.3 Å². The summed E-state index contributed by atoms with van der Waals surface area (Å²) in [6, 6.07) is 9.74. The number of halogens is 3. The van der Waals surface area contributed by atoms with Gasteiger partial charge < -0.3 is 4.74 Å². The van der Waals surface area contributed by atoms with Gasteiger partial charge in [-0.2, -0.15) is 0 Å². The van der Waals surface area contributed by atoms with Crippen molar-refractivity contribution >= 4 is 11.8 Å². The highest BCUT2D eigenvalue weighted by molar-refractivity contribution is 7.98. The highest BCUT2D eigenvalue weighted by atomic mass is 32.2. The summed E-state index contributed by atoms with van der Waals surface area (Å²) in [4.78, 5) is 4.25. The second kappa shape index (κ2) is 6.17. The predicted octanol–water partition coefficient (Wildman–Crippen LogP) is 4.58. The van der Waals surface area contributed by atoms with E-state index < -0.39 is 6.36 Å². The molecule has 0 spiro atoms. The number of aromatic nitrogens is 1. The Morgan fingerprint density at radius 1 is 1.10 bits per heavy atom. The summed E-state index contributed by atoms with van der Waals surface area (Å²) in [6.45, 7) is 1.96. The quantitative estimate of drug-likeness (QED) is 0.771. The first kappa shape index (κ1) is 14.7. The van der Waals surface area contributed by atoms with Crippen LogP contribution in [-0.2, 0) is 5.75 Å². The van der Waals surface area contributed by atoms with E-state index in [2.05, 4.69) is 9.72 Å². The van der Waals surface area contributed by atoms with Crippen molar-refractivity contribution in [3.63, 3.8) is 0 Å². The van der Waals surface area contributed by atoms with Crippen LogP contribution in [0.1, 0.15) is 11.1 Å². The number of rotatable bonds is 4. The zero-order chi connectivity index (χ0) is 14.6. The van der Waals surface area contributed by atoms with Crippen LogP contribution in [-0.4, -0.2) is 11.3 Å². The number of hydrogen-bond acceptors (Lipinski definition) is 3. The molecule has 0 atom stereocenters. The Morgan fingerprint density at radius 2 is 1.80 bits per heavy atom. The zero-order valence-corrected chi connectivity index (χ0v) is 11.5. The van der Waals surface area contributed by atoms with Gasteiger partial charge in [-0.15, -0.1) is 24.9 Å². The number of aryl methyl sites for hydroxylation is 1. The van der Waals surface area contributed by atoms with Crippen LogP contribution in [0, 0.1) is 6.92 Å². The van der Waals surface area contributed by atoms with Gasteiger partial charge >= 0.3 is 6.36 Å². The maximum absolute atomic E-state index is 12.0. The van der Waals surface area contributed by atoms with Crippen LogP contribution in [0.3, 0.4) is 0 Å². The molecule has 0 N–H and O–H groups in total. The average molecular weight is 299 g/mol. The van der Waals surface area contributed by atoms with Gasteiger partial charge in [0.25, 0.3) is 0 Å². The molecule has 106 valence electrons. The van der Waals surface area contributed by atoms with Crippen molar-refractivity contribution in [2.24, 2.45) is 0 Å². The molecular weight excluding hydrogens is 287 g/mol. The third kappa shape index (κ3) is 4.77. The van der Waals surface area contributed by atoms with Crippen molar-refractivity contribution in [1.29, 1.82) is 0 Å². The number of alkyl halides is 3. The average Bonchev–Trinajstić information content (AvgIpc) is 2.38. The topological polar surface area (TPSA) is 22.1 Å². The summed E-state index contributed by atoms with van der Waals surface area (Å²) in [6.07, 6.45) is -2.87. The van der Waals surface area contributed by atoms with Crippen LogP contribution < -0.4 is 4.74 Å². The standard InChI is InChI=1S/C14H12F3NOS/c1-10-2-7-13(18-8-10)20-9-11-3-5-12(6-4-11)19-14(15,16)17/h2-8H,9H2,1H3. The number of nitrogens with zero attached hydrogens (tertiary/aromatic N) is 1. The molecule has 2 nitrogen and oxygen atoms in total. The summed E-state index contributed by atoms with van der Waals surface area (Å²) in [5, 5.41) is 0.881. The van der Waals surface area contributed by atoms with Crippen molar-refractivity contribution in [3.8, 4) is 5.75 Å². The lowest BCUT2D eigenvalue weighted by Gasteiger charge is -2.09. The Bertz CT molecular complexity index is 552. The van der Waals surface area contributed by atoms with Gasteiger partial charge in [0.15, 0.2) is 0 Å². The van der Waals surface area contributed by atoms with E-state index in [4.69, 9.17) is 0 Å². The van der Waals surface area contributed by atoms with Gasteiger partial charge in [0.05, 0.1) is 5.03 Å². The zero-order valence-electron chi connectivity index (χ0n) is 10.6. The van der Waals surface area contributed by atoms with Crippen molar-refractivity contribution < 1.29 is 17.9 Å². The second-order valence-corrected chi connectivity index (χ2v) is 5.15. The Morgan fingerprint density at radius 3 is 2.35 bits per heavy atom. The van der Waals surface area contributed by atoms with Crippen molar-refractivity contribution in [3.05, 3.63) is 53.7 Å². The van der Waals surface area contributed by atoms with Crippen LogP contribution >= 0.6 is 11.8 Å². The van der Waals surface area contributed by atoms with Crippen molar-refractivity contribution in [1.82, 2.24) is 4.98 Å². The molecule has 0 aliphatic carbocycles. The first-order valence-electron chi connectivity index (χ1n) is 5.82. The Balaban J connectivity index is 1.92. The van der Waals surface area contributed by atoms with Gasteiger partial charge in [-0.25, -0.2) is 4.98 Å². The van der Waals surface area contributed by atoms with Crippen molar-refractivity contribution in [2.75, 3.05) is 0 Å². The number of benzene rings is 1. The molecular formula is C14H12F3NOS. The molecule has 0 fully saturated rings. The molecule has 2 aromatic rings.